The van der Waals surface area contributed by atoms with Crippen molar-refractivity contribution in [1.29, 1.82) is 0 Å². The highest BCUT2D eigenvalue weighted by Crippen LogP contribution is 2.07. The predicted octanol–water partition coefficient (Wildman–Crippen LogP) is 2.10. The van der Waals surface area contributed by atoms with Gasteiger partial charge in [0, 0.05) is 6.42 Å². The Bertz CT molecular complexity index is 589. The van der Waals surface area contributed by atoms with Crippen LogP contribution in [0.3, 0.4) is 0 Å². The van der Waals surface area contributed by atoms with Gasteiger partial charge in [-0.05, 0) is 12.5 Å². The number of methoxy groups -OCH3 is 1. The minimum absolute atomic E-state index is 0.127. The summed E-state index contributed by atoms with van der Waals surface area (Å²) in [4.78, 5) is 22.7. The molecule has 0 saturated heterocycles. The summed E-state index contributed by atoms with van der Waals surface area (Å²) in [6, 6.07) is 8.27. The molecule has 0 aliphatic carbocycles. The molecule has 0 heterocycles. The van der Waals surface area contributed by atoms with Crippen molar-refractivity contribution in [3.05, 3.63) is 47.8 Å². The third-order valence-corrected chi connectivity index (χ3v) is 3.13. The number of nitrogens with one attached hydrogen (secondary N) is 1. The Balaban J connectivity index is 2.79. The number of hydrogen-bond donors (Lipinski definition) is 1. The van der Waals surface area contributed by atoms with Crippen molar-refractivity contribution >= 4 is 29.1 Å². The van der Waals surface area contributed by atoms with E-state index in [0.29, 0.717) is 6.08 Å². The Morgan fingerprint density at radius 2 is 2.00 bits per heavy atom. The van der Waals surface area contributed by atoms with Crippen LogP contribution in [0.15, 0.2) is 42.2 Å². The first-order valence-electron chi connectivity index (χ1n) is 6.94. The van der Waals surface area contributed by atoms with Gasteiger partial charge < -0.3 is 14.8 Å². The molecule has 0 saturated carbocycles. The molecule has 5 nitrogen and oxygen atoms in total. The van der Waals surface area contributed by atoms with Crippen molar-refractivity contribution < 1.29 is 23.5 Å². The van der Waals surface area contributed by atoms with E-state index in [2.05, 4.69) is 10.1 Å². The number of carbonyl (C=O) groups excluding carboxylic acids is 2. The Kier molecular flexibility index (Phi) is 7.90. The van der Waals surface area contributed by atoms with Gasteiger partial charge in [-0.3, -0.25) is 0 Å². The quantitative estimate of drug-likeness (QED) is 0.466. The van der Waals surface area contributed by atoms with Crippen LogP contribution >= 0.6 is 12.2 Å². The van der Waals surface area contributed by atoms with Crippen LogP contribution in [0.4, 0.5) is 4.39 Å². The molecular formula is C16H18FNO4S. The van der Waals surface area contributed by atoms with Gasteiger partial charge in [0.2, 0.25) is 0 Å². The van der Waals surface area contributed by atoms with E-state index in [1.54, 1.807) is 6.92 Å². The third kappa shape index (κ3) is 6.56. The highest BCUT2D eigenvalue weighted by molar-refractivity contribution is 7.80. The summed E-state index contributed by atoms with van der Waals surface area (Å²) < 4.78 is 23.1. The second-order valence-corrected chi connectivity index (χ2v) is 4.89. The van der Waals surface area contributed by atoms with E-state index in [4.69, 9.17) is 17.0 Å². The summed E-state index contributed by atoms with van der Waals surface area (Å²) in [5.74, 6) is -2.40. The van der Waals surface area contributed by atoms with Crippen molar-refractivity contribution in [2.75, 3.05) is 13.7 Å². The van der Waals surface area contributed by atoms with Crippen molar-refractivity contribution in [3.63, 3.8) is 0 Å². The number of halogens is 1. The first-order valence-corrected chi connectivity index (χ1v) is 7.35. The molecule has 124 valence electrons. The molecule has 1 rings (SSSR count). The zero-order valence-corrected chi connectivity index (χ0v) is 13.7. The minimum Gasteiger partial charge on any atom is -0.467 e. The van der Waals surface area contributed by atoms with Crippen LogP contribution in [0.2, 0.25) is 0 Å². The van der Waals surface area contributed by atoms with Crippen LogP contribution in [0.5, 0.6) is 0 Å². The summed E-state index contributed by atoms with van der Waals surface area (Å²) >= 11 is 4.87. The molecule has 1 N–H and O–H groups in total. The number of rotatable bonds is 7. The van der Waals surface area contributed by atoms with E-state index >= 15 is 0 Å². The van der Waals surface area contributed by atoms with Crippen LogP contribution in [0.1, 0.15) is 12.5 Å². The van der Waals surface area contributed by atoms with E-state index < -0.39 is 23.8 Å². The molecular weight excluding hydrogens is 321 g/mol. The van der Waals surface area contributed by atoms with Gasteiger partial charge in [0.1, 0.15) is 11.0 Å². The lowest BCUT2D eigenvalue weighted by molar-refractivity contribution is -0.142. The summed E-state index contributed by atoms with van der Waals surface area (Å²) in [6.45, 7) is 1.73. The van der Waals surface area contributed by atoms with Crippen molar-refractivity contribution in [1.82, 2.24) is 5.32 Å². The molecule has 0 radical (unpaired) electrons. The maximum atomic E-state index is 13.8. The first-order chi connectivity index (χ1) is 11.0. The van der Waals surface area contributed by atoms with Gasteiger partial charge in [0.05, 0.1) is 19.8 Å². The Morgan fingerprint density at radius 3 is 2.57 bits per heavy atom. The van der Waals surface area contributed by atoms with E-state index in [-0.39, 0.29) is 18.0 Å². The van der Waals surface area contributed by atoms with Crippen molar-refractivity contribution in [2.24, 2.45) is 0 Å². The largest absolute Gasteiger partial charge is 0.467 e. The lowest BCUT2D eigenvalue weighted by Crippen LogP contribution is -2.42. The molecule has 1 atom stereocenters. The summed E-state index contributed by atoms with van der Waals surface area (Å²) in [7, 11) is 1.23. The molecule has 0 unspecified atom stereocenters. The third-order valence-electron chi connectivity index (χ3n) is 2.82. The van der Waals surface area contributed by atoms with Gasteiger partial charge in [-0.1, -0.05) is 42.5 Å². The van der Waals surface area contributed by atoms with Crippen molar-refractivity contribution in [3.8, 4) is 0 Å². The van der Waals surface area contributed by atoms with E-state index in [1.165, 1.54) is 7.11 Å². The lowest BCUT2D eigenvalue weighted by atomic mass is 10.1. The maximum Gasteiger partial charge on any atom is 0.333 e. The van der Waals surface area contributed by atoms with E-state index in [0.717, 1.165) is 5.56 Å². The van der Waals surface area contributed by atoms with E-state index in [9.17, 15) is 14.0 Å². The second-order valence-electron chi connectivity index (χ2n) is 4.48. The van der Waals surface area contributed by atoms with Crippen LogP contribution in [-0.2, 0) is 25.5 Å². The molecule has 1 aromatic carbocycles. The Labute approximate surface area is 139 Å². The van der Waals surface area contributed by atoms with Gasteiger partial charge in [0.25, 0.3) is 0 Å². The van der Waals surface area contributed by atoms with Gasteiger partial charge in [-0.25, -0.2) is 14.0 Å². The van der Waals surface area contributed by atoms with Gasteiger partial charge in [0.15, 0.2) is 5.83 Å². The summed E-state index contributed by atoms with van der Waals surface area (Å²) in [6.07, 6.45) is 0.899. The Morgan fingerprint density at radius 1 is 1.35 bits per heavy atom. The van der Waals surface area contributed by atoms with Crippen LogP contribution < -0.4 is 5.32 Å². The molecule has 7 heteroatoms. The highest BCUT2D eigenvalue weighted by atomic mass is 32.1. The normalized spacial score (nSPS) is 12.2. The first kappa shape index (κ1) is 18.8. The molecule has 0 aromatic heterocycles. The van der Waals surface area contributed by atoms with Gasteiger partial charge in [-0.15, -0.1) is 0 Å². The zero-order valence-electron chi connectivity index (χ0n) is 12.9. The molecule has 0 spiro atoms. The summed E-state index contributed by atoms with van der Waals surface area (Å²) in [5, 5.41) is 2.57. The van der Waals surface area contributed by atoms with Crippen molar-refractivity contribution in [2.45, 2.75) is 19.4 Å². The molecule has 23 heavy (non-hydrogen) atoms. The number of ether oxygens (including phenoxy) is 2. The standard InChI is InChI=1S/C16H18FNO4S/c1-3-22-14(19)10-12(17)15(23)18-13(16(20)21-2)9-11-7-5-4-6-8-11/h4-8,10,13H,3,9H2,1-2H3,(H,18,23)/b12-10-/t13-/m1/s1. The number of thiocarbonyl (C=S) groups is 1. The Hall–Kier alpha value is -2.28. The minimum atomic E-state index is -0.972. The predicted molar refractivity (Wildman–Crippen MR) is 87.5 cm³/mol. The SMILES string of the molecule is CCOC(=O)/C=C(\F)C(=S)N[C@H](Cc1ccccc1)C(=O)OC. The second kappa shape index (κ2) is 9.68. The molecule has 1 aromatic rings. The number of esters is 2. The number of hydrogen-bond acceptors (Lipinski definition) is 5. The average molecular weight is 339 g/mol. The molecule has 0 amide bonds. The molecule has 0 bridgehead atoms. The fraction of sp³-hybridized carbons (Fsp3) is 0.312. The van der Waals surface area contributed by atoms with E-state index in [1.807, 2.05) is 30.3 Å². The fourth-order valence-electron chi connectivity index (χ4n) is 1.77. The maximum absolute atomic E-state index is 13.8. The van der Waals surface area contributed by atoms with Crippen LogP contribution in [0.25, 0.3) is 0 Å². The highest BCUT2D eigenvalue weighted by Gasteiger charge is 2.22. The van der Waals surface area contributed by atoms with Crippen LogP contribution in [0, 0.1) is 0 Å². The summed E-state index contributed by atoms with van der Waals surface area (Å²) in [5.41, 5.74) is 0.855. The van der Waals surface area contributed by atoms with Gasteiger partial charge >= 0.3 is 11.9 Å². The number of benzene rings is 1. The molecule has 0 fully saturated rings. The number of carbonyl (C=O) groups is 2. The average Bonchev–Trinajstić information content (AvgIpc) is 2.54. The van der Waals surface area contributed by atoms with Gasteiger partial charge in [-0.2, -0.15) is 0 Å². The monoisotopic (exact) mass is 339 g/mol. The lowest BCUT2D eigenvalue weighted by Gasteiger charge is -2.17. The molecule has 0 aliphatic heterocycles. The fourth-order valence-corrected chi connectivity index (χ4v) is 1.97. The molecule has 0 aliphatic rings. The zero-order chi connectivity index (χ0) is 17.2. The smallest absolute Gasteiger partial charge is 0.333 e. The van der Waals surface area contributed by atoms with Crippen LogP contribution in [-0.4, -0.2) is 36.7 Å². The topological polar surface area (TPSA) is 64.6 Å².